The quantitative estimate of drug-likeness (QED) is 0.758. The number of aromatic amines is 1. The molecule has 2 aromatic rings. The lowest BCUT2D eigenvalue weighted by atomic mass is 10.2. The Hall–Kier alpha value is -2.97. The highest BCUT2D eigenvalue weighted by Gasteiger charge is 2.34. The average Bonchev–Trinajstić information content (AvgIpc) is 3.32. The maximum atomic E-state index is 12.3. The van der Waals surface area contributed by atoms with Crippen LogP contribution in [0.2, 0.25) is 0 Å². The van der Waals surface area contributed by atoms with Gasteiger partial charge in [-0.1, -0.05) is 0 Å². The zero-order valence-electron chi connectivity index (χ0n) is 15.2. The van der Waals surface area contributed by atoms with Gasteiger partial charge in [0.15, 0.2) is 5.82 Å². The van der Waals surface area contributed by atoms with Crippen LogP contribution in [0.25, 0.3) is 0 Å². The van der Waals surface area contributed by atoms with Gasteiger partial charge in [-0.05, 0) is 45.1 Å². The molecule has 2 N–H and O–H groups in total. The van der Waals surface area contributed by atoms with Crippen molar-refractivity contribution in [3.05, 3.63) is 33.7 Å². The predicted molar refractivity (Wildman–Crippen MR) is 99.2 cm³/mol. The van der Waals surface area contributed by atoms with Crippen molar-refractivity contribution in [1.82, 2.24) is 20.2 Å². The third-order valence-corrected chi connectivity index (χ3v) is 4.92. The van der Waals surface area contributed by atoms with Gasteiger partial charge in [0.05, 0.1) is 12.3 Å². The number of fused-ring (bicyclic) bond motifs is 1. The van der Waals surface area contributed by atoms with Crippen LogP contribution in [-0.2, 0) is 22.4 Å². The maximum absolute atomic E-state index is 12.3. The van der Waals surface area contributed by atoms with E-state index in [9.17, 15) is 9.59 Å². The van der Waals surface area contributed by atoms with E-state index in [0.29, 0.717) is 24.2 Å². The van der Waals surface area contributed by atoms with Gasteiger partial charge in [-0.15, -0.1) is 0 Å². The van der Waals surface area contributed by atoms with Crippen LogP contribution >= 0.6 is 0 Å². The van der Waals surface area contributed by atoms with Crippen LogP contribution in [0.15, 0.2) is 16.9 Å². The second-order valence-corrected chi connectivity index (χ2v) is 6.69. The molecule has 0 bridgehead atoms. The first-order valence-electron chi connectivity index (χ1n) is 9.31. The molecule has 1 fully saturated rings. The van der Waals surface area contributed by atoms with Crippen molar-refractivity contribution < 1.29 is 9.53 Å². The Morgan fingerprint density at radius 2 is 2.22 bits per heavy atom. The maximum Gasteiger partial charge on any atom is 0.328 e. The number of aryl methyl sites for hydroxylation is 1. The summed E-state index contributed by atoms with van der Waals surface area (Å²) in [5, 5.41) is 9.60. The number of nitrogens with zero attached hydrogens (tertiary/aromatic N) is 4. The van der Waals surface area contributed by atoms with Crippen molar-refractivity contribution in [1.29, 1.82) is 0 Å². The molecule has 0 saturated carbocycles. The smallest absolute Gasteiger partial charge is 0.328 e. The van der Waals surface area contributed by atoms with Crippen LogP contribution in [0.5, 0.6) is 0 Å². The first kappa shape index (κ1) is 17.4. The van der Waals surface area contributed by atoms with E-state index in [1.165, 1.54) is 6.07 Å². The van der Waals surface area contributed by atoms with Crippen LogP contribution in [0, 0.1) is 0 Å². The Morgan fingerprint density at radius 3 is 3.00 bits per heavy atom. The molecule has 9 nitrogen and oxygen atoms in total. The van der Waals surface area contributed by atoms with E-state index >= 15 is 0 Å². The van der Waals surface area contributed by atoms with Crippen molar-refractivity contribution in [3.8, 4) is 0 Å². The van der Waals surface area contributed by atoms with Gasteiger partial charge in [-0.3, -0.25) is 4.79 Å². The summed E-state index contributed by atoms with van der Waals surface area (Å²) < 4.78 is 5.21. The SMILES string of the molecule is CCOC(=O)[C@@H]1CCCN1c1nc2c(c(Nc3ccc(=O)[nH]n3)n1)CCC2. The summed E-state index contributed by atoms with van der Waals surface area (Å²) >= 11 is 0. The van der Waals surface area contributed by atoms with Gasteiger partial charge in [0, 0.05) is 18.2 Å². The predicted octanol–water partition coefficient (Wildman–Crippen LogP) is 1.32. The van der Waals surface area contributed by atoms with E-state index in [1.807, 2.05) is 11.8 Å². The highest BCUT2D eigenvalue weighted by molar-refractivity contribution is 5.80. The zero-order valence-corrected chi connectivity index (χ0v) is 15.2. The van der Waals surface area contributed by atoms with E-state index < -0.39 is 0 Å². The summed E-state index contributed by atoms with van der Waals surface area (Å²) in [4.78, 5) is 34.9. The molecule has 1 saturated heterocycles. The highest BCUT2D eigenvalue weighted by Crippen LogP contribution is 2.32. The molecule has 2 aliphatic rings. The number of carbonyl (C=O) groups is 1. The molecular weight excluding hydrogens is 348 g/mol. The van der Waals surface area contributed by atoms with Gasteiger partial charge in [0.1, 0.15) is 11.9 Å². The van der Waals surface area contributed by atoms with E-state index in [-0.39, 0.29) is 17.6 Å². The number of esters is 1. The fourth-order valence-electron chi connectivity index (χ4n) is 3.68. The summed E-state index contributed by atoms with van der Waals surface area (Å²) in [6.07, 6.45) is 4.43. The minimum atomic E-state index is -0.344. The van der Waals surface area contributed by atoms with Gasteiger partial charge in [0.25, 0.3) is 5.56 Å². The Balaban J connectivity index is 1.67. The monoisotopic (exact) mass is 370 g/mol. The number of anilines is 3. The second kappa shape index (κ2) is 7.34. The number of carbonyl (C=O) groups excluding carboxylic acids is 1. The van der Waals surface area contributed by atoms with Crippen molar-refractivity contribution in [2.75, 3.05) is 23.4 Å². The molecular formula is C18H22N6O3. The molecule has 0 amide bonds. The molecule has 1 atom stereocenters. The Bertz CT molecular complexity index is 892. The molecule has 0 radical (unpaired) electrons. The van der Waals surface area contributed by atoms with E-state index in [0.717, 1.165) is 49.9 Å². The lowest BCUT2D eigenvalue weighted by Crippen LogP contribution is -2.38. The summed E-state index contributed by atoms with van der Waals surface area (Å²) in [6, 6.07) is 2.68. The summed E-state index contributed by atoms with van der Waals surface area (Å²) in [7, 11) is 0. The van der Waals surface area contributed by atoms with Crippen molar-refractivity contribution >= 4 is 23.6 Å². The standard InChI is InChI=1S/C18H22N6O3/c1-2-27-17(26)13-7-4-10-24(13)18-19-12-6-3-5-11(12)16(21-18)20-14-8-9-15(25)23-22-14/h8-9,13H,2-7,10H2,1H3,(H,23,25)(H,19,20,21,22)/t13-/m0/s1. The van der Waals surface area contributed by atoms with Gasteiger partial charge in [-0.2, -0.15) is 10.1 Å². The first-order chi connectivity index (χ1) is 13.2. The fourth-order valence-corrected chi connectivity index (χ4v) is 3.68. The minimum Gasteiger partial charge on any atom is -0.464 e. The topological polar surface area (TPSA) is 113 Å². The van der Waals surface area contributed by atoms with Crippen molar-refractivity contribution in [3.63, 3.8) is 0 Å². The normalized spacial score (nSPS) is 18.4. The third-order valence-electron chi connectivity index (χ3n) is 4.92. The molecule has 4 rings (SSSR count). The number of rotatable bonds is 5. The summed E-state index contributed by atoms with van der Waals surface area (Å²) in [5.74, 6) is 1.51. The number of aromatic nitrogens is 4. The van der Waals surface area contributed by atoms with E-state index in [1.54, 1.807) is 6.07 Å². The molecule has 1 aliphatic heterocycles. The molecule has 0 unspecified atom stereocenters. The van der Waals surface area contributed by atoms with Gasteiger partial charge in [0.2, 0.25) is 5.95 Å². The summed E-state index contributed by atoms with van der Waals surface area (Å²) in [6.45, 7) is 2.89. The first-order valence-corrected chi connectivity index (χ1v) is 9.31. The van der Waals surface area contributed by atoms with Crippen LogP contribution in [0.4, 0.5) is 17.6 Å². The van der Waals surface area contributed by atoms with Crippen LogP contribution < -0.4 is 15.8 Å². The summed E-state index contributed by atoms with van der Waals surface area (Å²) in [5.41, 5.74) is 1.81. The van der Waals surface area contributed by atoms with Gasteiger partial charge < -0.3 is 15.0 Å². The molecule has 142 valence electrons. The van der Waals surface area contributed by atoms with E-state index in [2.05, 4.69) is 15.5 Å². The van der Waals surface area contributed by atoms with Gasteiger partial charge >= 0.3 is 5.97 Å². The Kier molecular flexibility index (Phi) is 4.74. The number of hydrogen-bond donors (Lipinski definition) is 2. The molecule has 2 aromatic heterocycles. The number of nitrogens with one attached hydrogen (secondary N) is 2. The Labute approximate surface area is 156 Å². The molecule has 9 heteroatoms. The molecule has 3 heterocycles. The van der Waals surface area contributed by atoms with Crippen molar-refractivity contribution in [2.45, 2.75) is 45.1 Å². The molecule has 27 heavy (non-hydrogen) atoms. The third kappa shape index (κ3) is 3.49. The highest BCUT2D eigenvalue weighted by atomic mass is 16.5. The fraction of sp³-hybridized carbons (Fsp3) is 0.500. The number of hydrogen-bond acceptors (Lipinski definition) is 8. The number of ether oxygens (including phenoxy) is 1. The van der Waals surface area contributed by atoms with Crippen LogP contribution in [-0.4, -0.2) is 45.3 Å². The number of H-pyrrole nitrogens is 1. The molecule has 0 aromatic carbocycles. The lowest BCUT2D eigenvalue weighted by molar-refractivity contribution is -0.144. The van der Waals surface area contributed by atoms with E-state index in [4.69, 9.17) is 14.7 Å². The van der Waals surface area contributed by atoms with Crippen LogP contribution in [0.3, 0.4) is 0 Å². The van der Waals surface area contributed by atoms with Gasteiger partial charge in [-0.25, -0.2) is 14.9 Å². The average molecular weight is 370 g/mol. The largest absolute Gasteiger partial charge is 0.464 e. The lowest BCUT2D eigenvalue weighted by Gasteiger charge is -2.24. The minimum absolute atomic E-state index is 0.226. The second-order valence-electron chi connectivity index (χ2n) is 6.69. The Morgan fingerprint density at radius 1 is 1.33 bits per heavy atom. The molecule has 0 spiro atoms. The van der Waals surface area contributed by atoms with Crippen molar-refractivity contribution in [2.24, 2.45) is 0 Å². The molecule has 1 aliphatic carbocycles. The van der Waals surface area contributed by atoms with Crippen LogP contribution in [0.1, 0.15) is 37.4 Å². The zero-order chi connectivity index (χ0) is 18.8.